The molecule has 0 aromatic carbocycles. The Hall–Kier alpha value is -0.740. The summed E-state index contributed by atoms with van der Waals surface area (Å²) in [7, 11) is 1.68. The predicted molar refractivity (Wildman–Crippen MR) is 56.7 cm³/mol. The van der Waals surface area contributed by atoms with Crippen molar-refractivity contribution < 1.29 is 4.74 Å². The Morgan fingerprint density at radius 3 is 3.00 bits per heavy atom. The van der Waals surface area contributed by atoms with Crippen LogP contribution in [0.5, 0.6) is 0 Å². The van der Waals surface area contributed by atoms with Crippen LogP contribution in [0.15, 0.2) is 6.07 Å². The molecule has 1 fully saturated rings. The van der Waals surface area contributed by atoms with E-state index in [0.29, 0.717) is 17.2 Å². The van der Waals surface area contributed by atoms with Crippen molar-refractivity contribution in [3.05, 3.63) is 22.2 Å². The first kappa shape index (κ1) is 9.80. The monoisotopic (exact) mass is 210 g/mol. The van der Waals surface area contributed by atoms with Crippen LogP contribution in [0, 0.1) is 4.64 Å². The van der Waals surface area contributed by atoms with Gasteiger partial charge in [0.15, 0.2) is 0 Å². The van der Waals surface area contributed by atoms with Crippen LogP contribution in [0.1, 0.15) is 36.7 Å². The van der Waals surface area contributed by atoms with Gasteiger partial charge in [-0.1, -0.05) is 18.6 Å². The summed E-state index contributed by atoms with van der Waals surface area (Å²) < 4.78 is 5.73. The Balaban J connectivity index is 2.26. The summed E-state index contributed by atoms with van der Waals surface area (Å²) in [6, 6.07) is 1.86. The van der Waals surface area contributed by atoms with Crippen LogP contribution < -0.4 is 0 Å². The van der Waals surface area contributed by atoms with Gasteiger partial charge in [0.05, 0.1) is 6.61 Å². The quantitative estimate of drug-likeness (QED) is 0.779. The van der Waals surface area contributed by atoms with E-state index in [-0.39, 0.29) is 0 Å². The van der Waals surface area contributed by atoms with E-state index >= 15 is 0 Å². The molecule has 1 aromatic rings. The molecule has 3 nitrogen and oxygen atoms in total. The first-order chi connectivity index (χ1) is 6.79. The molecule has 0 spiro atoms. The molecule has 0 amide bonds. The molecule has 4 heteroatoms. The van der Waals surface area contributed by atoms with E-state index in [1.54, 1.807) is 7.11 Å². The highest BCUT2D eigenvalue weighted by molar-refractivity contribution is 7.71. The van der Waals surface area contributed by atoms with Crippen molar-refractivity contribution in [1.29, 1.82) is 0 Å². The molecule has 1 aromatic heterocycles. The van der Waals surface area contributed by atoms with Gasteiger partial charge in [0.25, 0.3) is 0 Å². The number of hydrogen-bond donors (Lipinski definition) is 1. The van der Waals surface area contributed by atoms with Gasteiger partial charge in [-0.3, -0.25) is 0 Å². The first-order valence-corrected chi connectivity index (χ1v) is 5.29. The van der Waals surface area contributed by atoms with E-state index in [4.69, 9.17) is 17.0 Å². The van der Waals surface area contributed by atoms with Crippen molar-refractivity contribution in [1.82, 2.24) is 9.97 Å². The summed E-state index contributed by atoms with van der Waals surface area (Å²) in [4.78, 5) is 7.63. The van der Waals surface area contributed by atoms with Crippen molar-refractivity contribution in [2.45, 2.75) is 31.8 Å². The lowest BCUT2D eigenvalue weighted by Gasteiger charge is -2.24. The highest BCUT2D eigenvalue weighted by Gasteiger charge is 2.21. The largest absolute Gasteiger partial charge is 0.378 e. The number of rotatable bonds is 3. The summed E-state index contributed by atoms with van der Waals surface area (Å²) in [5, 5.41) is 0. The molecule has 1 aliphatic carbocycles. The number of nitrogens with zero attached hydrogens (tertiary/aromatic N) is 1. The highest BCUT2D eigenvalue weighted by Crippen LogP contribution is 2.34. The van der Waals surface area contributed by atoms with E-state index in [0.717, 1.165) is 11.5 Å². The summed E-state index contributed by atoms with van der Waals surface area (Å²) in [6.45, 7) is 0.575. The maximum atomic E-state index is 5.11. The molecule has 0 aliphatic heterocycles. The van der Waals surface area contributed by atoms with Crippen LogP contribution in [-0.4, -0.2) is 17.1 Å². The van der Waals surface area contributed by atoms with E-state index in [1.807, 2.05) is 6.07 Å². The molecule has 0 unspecified atom stereocenters. The summed E-state index contributed by atoms with van der Waals surface area (Å²) in [5.74, 6) is 1.63. The van der Waals surface area contributed by atoms with Crippen molar-refractivity contribution in [3.8, 4) is 0 Å². The fourth-order valence-electron chi connectivity index (χ4n) is 1.64. The lowest BCUT2D eigenvalue weighted by molar-refractivity contribution is 0.180. The van der Waals surface area contributed by atoms with Gasteiger partial charge in [-0.15, -0.1) is 0 Å². The average Bonchev–Trinajstić information content (AvgIpc) is 1.99. The van der Waals surface area contributed by atoms with Gasteiger partial charge >= 0.3 is 0 Å². The molecular weight excluding hydrogens is 196 g/mol. The fraction of sp³-hybridized carbons (Fsp3) is 0.600. The number of H-pyrrole nitrogens is 1. The molecule has 1 aliphatic rings. The van der Waals surface area contributed by atoms with Gasteiger partial charge in [-0.2, -0.15) is 0 Å². The maximum Gasteiger partial charge on any atom is 0.130 e. The van der Waals surface area contributed by atoms with E-state index in [1.165, 1.54) is 19.3 Å². The third kappa shape index (κ3) is 2.01. The van der Waals surface area contributed by atoms with Crippen molar-refractivity contribution >= 4 is 12.2 Å². The third-order valence-corrected chi connectivity index (χ3v) is 2.82. The first-order valence-electron chi connectivity index (χ1n) is 4.88. The summed E-state index contributed by atoms with van der Waals surface area (Å²) in [6.07, 6.45) is 3.77. The minimum absolute atomic E-state index is 0.575. The van der Waals surface area contributed by atoms with Gasteiger partial charge < -0.3 is 9.72 Å². The topological polar surface area (TPSA) is 37.9 Å². The summed E-state index contributed by atoms with van der Waals surface area (Å²) >= 11 is 5.11. The maximum absolute atomic E-state index is 5.11. The molecule has 76 valence electrons. The molecule has 0 bridgehead atoms. The molecule has 0 saturated heterocycles. The minimum Gasteiger partial charge on any atom is -0.378 e. The van der Waals surface area contributed by atoms with Gasteiger partial charge in [0, 0.05) is 18.7 Å². The summed E-state index contributed by atoms with van der Waals surface area (Å²) in [5.41, 5.74) is 1.02. The Morgan fingerprint density at radius 2 is 2.43 bits per heavy atom. The van der Waals surface area contributed by atoms with E-state index in [9.17, 15) is 0 Å². The van der Waals surface area contributed by atoms with Crippen molar-refractivity contribution in [3.63, 3.8) is 0 Å². The highest BCUT2D eigenvalue weighted by atomic mass is 32.1. The van der Waals surface area contributed by atoms with Gasteiger partial charge in [-0.05, 0) is 18.9 Å². The fourth-order valence-corrected chi connectivity index (χ4v) is 1.88. The third-order valence-electron chi connectivity index (χ3n) is 2.61. The molecule has 1 saturated carbocycles. The van der Waals surface area contributed by atoms with Gasteiger partial charge in [-0.25, -0.2) is 4.98 Å². The Bertz CT molecular complexity index is 371. The van der Waals surface area contributed by atoms with Crippen LogP contribution in [0.2, 0.25) is 0 Å². The van der Waals surface area contributed by atoms with Crippen LogP contribution in [-0.2, 0) is 11.3 Å². The molecule has 1 heterocycles. The number of hydrogen-bond acceptors (Lipinski definition) is 3. The molecule has 0 atom stereocenters. The second kappa shape index (κ2) is 4.19. The van der Waals surface area contributed by atoms with Crippen molar-refractivity contribution in [2.75, 3.05) is 7.11 Å². The van der Waals surface area contributed by atoms with Crippen molar-refractivity contribution in [2.24, 2.45) is 0 Å². The van der Waals surface area contributed by atoms with Crippen LogP contribution >= 0.6 is 12.2 Å². The zero-order valence-corrected chi connectivity index (χ0v) is 9.06. The number of nitrogens with one attached hydrogen (secondary N) is 1. The molecule has 0 radical (unpaired) electrons. The lowest BCUT2D eigenvalue weighted by atomic mass is 9.85. The van der Waals surface area contributed by atoms with Gasteiger partial charge in [0.1, 0.15) is 10.5 Å². The van der Waals surface area contributed by atoms with Crippen LogP contribution in [0.3, 0.4) is 0 Å². The normalized spacial score (nSPS) is 16.6. The molecule has 1 N–H and O–H groups in total. The number of aromatic amines is 1. The molecule has 2 rings (SSSR count). The SMILES string of the molecule is COCc1cc(=S)nc(C2CCC2)[nH]1. The predicted octanol–water partition coefficient (Wildman–Crippen LogP) is 2.55. The Labute approximate surface area is 88.5 Å². The smallest absolute Gasteiger partial charge is 0.130 e. The Kier molecular flexibility index (Phi) is 2.93. The Morgan fingerprint density at radius 1 is 1.64 bits per heavy atom. The minimum atomic E-state index is 0.575. The van der Waals surface area contributed by atoms with Gasteiger partial charge in [0.2, 0.25) is 0 Å². The number of ether oxygens (including phenoxy) is 1. The lowest BCUT2D eigenvalue weighted by Crippen LogP contribution is -2.13. The van der Waals surface area contributed by atoms with Crippen LogP contribution in [0.4, 0.5) is 0 Å². The standard InChI is InChI=1S/C10H14N2OS/c1-13-6-8-5-9(14)12-10(11-8)7-3-2-4-7/h5,7H,2-4,6H2,1H3,(H,11,12,14). The number of methoxy groups -OCH3 is 1. The van der Waals surface area contributed by atoms with Crippen LogP contribution in [0.25, 0.3) is 0 Å². The number of aromatic nitrogens is 2. The van der Waals surface area contributed by atoms with E-state index < -0.39 is 0 Å². The van der Waals surface area contributed by atoms with E-state index in [2.05, 4.69) is 9.97 Å². The average molecular weight is 210 g/mol. The second-order valence-corrected chi connectivity index (χ2v) is 4.11. The zero-order chi connectivity index (χ0) is 9.97. The molecular formula is C10H14N2OS. The molecule has 14 heavy (non-hydrogen) atoms. The zero-order valence-electron chi connectivity index (χ0n) is 8.25. The second-order valence-electron chi connectivity index (χ2n) is 3.69.